The molecule has 1 aromatic heterocycles. The normalized spacial score (nSPS) is 15.3. The average Bonchev–Trinajstić information content (AvgIpc) is 2.59. The van der Waals surface area contributed by atoms with Crippen LogP contribution in [0, 0.1) is 13.8 Å². The third-order valence-corrected chi connectivity index (χ3v) is 4.23. The molecular weight excluding hydrogens is 302 g/mol. The van der Waals surface area contributed by atoms with Crippen LogP contribution >= 0.6 is 0 Å². The minimum atomic E-state index is 0.0337. The molecule has 1 aliphatic heterocycles. The molecule has 1 N–H and O–H groups in total. The van der Waals surface area contributed by atoms with E-state index in [4.69, 9.17) is 0 Å². The van der Waals surface area contributed by atoms with Crippen LogP contribution in [0.2, 0.25) is 0 Å². The quantitative estimate of drug-likeness (QED) is 0.930. The Morgan fingerprint density at radius 3 is 2.50 bits per heavy atom. The van der Waals surface area contributed by atoms with Gasteiger partial charge in [-0.25, -0.2) is 9.97 Å². The van der Waals surface area contributed by atoms with Gasteiger partial charge in [0.2, 0.25) is 11.9 Å². The highest BCUT2D eigenvalue weighted by Crippen LogP contribution is 2.16. The zero-order valence-electron chi connectivity index (χ0n) is 14.2. The number of anilines is 2. The number of amides is 1. The second-order valence-corrected chi connectivity index (χ2v) is 6.18. The van der Waals surface area contributed by atoms with Gasteiger partial charge in [0.15, 0.2) is 0 Å². The number of aromatic nitrogens is 2. The van der Waals surface area contributed by atoms with Gasteiger partial charge in [-0.15, -0.1) is 0 Å². The number of carbonyl (C=O) groups is 1. The molecule has 126 valence electrons. The van der Waals surface area contributed by atoms with Crippen LogP contribution in [0.25, 0.3) is 0 Å². The third kappa shape index (κ3) is 4.08. The summed E-state index contributed by atoms with van der Waals surface area (Å²) in [7, 11) is 0. The molecule has 2 aromatic rings. The number of nitrogens with one attached hydrogen (secondary N) is 1. The van der Waals surface area contributed by atoms with E-state index in [1.54, 1.807) is 12.4 Å². The van der Waals surface area contributed by atoms with Gasteiger partial charge in [-0.2, -0.15) is 0 Å². The molecule has 0 saturated carbocycles. The number of carbonyl (C=O) groups excluding carboxylic acids is 1. The van der Waals surface area contributed by atoms with Crippen molar-refractivity contribution in [1.82, 2.24) is 14.9 Å². The summed E-state index contributed by atoms with van der Waals surface area (Å²) in [6.07, 6.45) is 3.51. The first-order chi connectivity index (χ1) is 11.6. The summed E-state index contributed by atoms with van der Waals surface area (Å²) in [5.74, 6) is 0.795. The summed E-state index contributed by atoms with van der Waals surface area (Å²) in [6, 6.07) is 7.87. The second kappa shape index (κ2) is 7.40. The van der Waals surface area contributed by atoms with Crippen LogP contribution in [-0.4, -0.2) is 53.5 Å². The van der Waals surface area contributed by atoms with E-state index in [0.717, 1.165) is 43.4 Å². The molecule has 1 aliphatic rings. The van der Waals surface area contributed by atoms with E-state index in [2.05, 4.69) is 38.1 Å². The van der Waals surface area contributed by atoms with E-state index in [-0.39, 0.29) is 5.91 Å². The van der Waals surface area contributed by atoms with Crippen LogP contribution in [0.4, 0.5) is 11.6 Å². The first kappa shape index (κ1) is 16.4. The van der Waals surface area contributed by atoms with Crippen molar-refractivity contribution < 1.29 is 4.79 Å². The van der Waals surface area contributed by atoms with E-state index >= 15 is 0 Å². The van der Waals surface area contributed by atoms with Crippen molar-refractivity contribution >= 4 is 17.5 Å². The van der Waals surface area contributed by atoms with Gasteiger partial charge in [0.25, 0.3) is 0 Å². The first-order valence-corrected chi connectivity index (χ1v) is 8.23. The molecule has 0 radical (unpaired) electrons. The van der Waals surface area contributed by atoms with E-state index in [1.165, 1.54) is 5.56 Å². The van der Waals surface area contributed by atoms with Crippen molar-refractivity contribution in [3.8, 4) is 0 Å². The largest absolute Gasteiger partial charge is 0.338 e. The first-order valence-electron chi connectivity index (χ1n) is 8.23. The molecule has 0 spiro atoms. The predicted octanol–water partition coefficient (Wildman–Crippen LogP) is 1.85. The number of rotatable bonds is 4. The highest BCUT2D eigenvalue weighted by molar-refractivity contribution is 5.93. The minimum Gasteiger partial charge on any atom is -0.338 e. The lowest BCUT2D eigenvalue weighted by Crippen LogP contribution is -2.49. The zero-order chi connectivity index (χ0) is 16.9. The van der Waals surface area contributed by atoms with Gasteiger partial charge in [-0.1, -0.05) is 17.7 Å². The Morgan fingerprint density at radius 1 is 1.12 bits per heavy atom. The van der Waals surface area contributed by atoms with Crippen LogP contribution in [0.5, 0.6) is 0 Å². The van der Waals surface area contributed by atoms with Crippen molar-refractivity contribution in [3.05, 3.63) is 47.8 Å². The predicted molar refractivity (Wildman–Crippen MR) is 95.2 cm³/mol. The van der Waals surface area contributed by atoms with Gasteiger partial charge in [0.1, 0.15) is 0 Å². The molecule has 0 atom stereocenters. The van der Waals surface area contributed by atoms with Crippen molar-refractivity contribution in [3.63, 3.8) is 0 Å². The molecule has 1 aromatic carbocycles. The maximum Gasteiger partial charge on any atom is 0.238 e. The fourth-order valence-corrected chi connectivity index (χ4v) is 2.91. The Bertz CT molecular complexity index is 696. The lowest BCUT2D eigenvalue weighted by atomic mass is 10.1. The maximum atomic E-state index is 12.3. The summed E-state index contributed by atoms with van der Waals surface area (Å²) in [6.45, 7) is 7.81. The molecule has 24 heavy (non-hydrogen) atoms. The van der Waals surface area contributed by atoms with Crippen molar-refractivity contribution in [2.24, 2.45) is 0 Å². The molecule has 0 bridgehead atoms. The summed E-state index contributed by atoms with van der Waals surface area (Å²) < 4.78 is 0. The number of hydrogen-bond acceptors (Lipinski definition) is 5. The number of benzene rings is 1. The molecule has 6 heteroatoms. The molecule has 2 heterocycles. The highest BCUT2D eigenvalue weighted by Gasteiger charge is 2.20. The Hall–Kier alpha value is -2.47. The topological polar surface area (TPSA) is 61.4 Å². The van der Waals surface area contributed by atoms with Crippen LogP contribution in [0.1, 0.15) is 11.1 Å². The molecule has 1 saturated heterocycles. The van der Waals surface area contributed by atoms with Crippen molar-refractivity contribution in [1.29, 1.82) is 0 Å². The standard InChI is InChI=1S/C18H23N5O/c1-14-4-5-16(15(2)12-14)21-17(24)13-22-8-10-23(11-9-22)18-19-6-3-7-20-18/h3-7,12H,8-11,13H2,1-2H3,(H,21,24). The smallest absolute Gasteiger partial charge is 0.238 e. The van der Waals surface area contributed by atoms with Gasteiger partial charge >= 0.3 is 0 Å². The van der Waals surface area contributed by atoms with Gasteiger partial charge in [-0.05, 0) is 31.5 Å². The number of aryl methyl sites for hydroxylation is 2. The van der Waals surface area contributed by atoms with Crippen LogP contribution in [0.15, 0.2) is 36.7 Å². The zero-order valence-corrected chi connectivity index (χ0v) is 14.2. The lowest BCUT2D eigenvalue weighted by Gasteiger charge is -2.34. The Labute approximate surface area is 142 Å². The van der Waals surface area contributed by atoms with Crippen LogP contribution in [0.3, 0.4) is 0 Å². The number of hydrogen-bond donors (Lipinski definition) is 1. The molecule has 3 rings (SSSR count). The highest BCUT2D eigenvalue weighted by atomic mass is 16.2. The minimum absolute atomic E-state index is 0.0337. The van der Waals surface area contributed by atoms with Crippen molar-refractivity contribution in [2.75, 3.05) is 42.9 Å². The number of piperazine rings is 1. The summed E-state index contributed by atoms with van der Waals surface area (Å²) in [5.41, 5.74) is 3.18. The fourth-order valence-electron chi connectivity index (χ4n) is 2.91. The van der Waals surface area contributed by atoms with Crippen molar-refractivity contribution in [2.45, 2.75) is 13.8 Å². The summed E-state index contributed by atoms with van der Waals surface area (Å²) in [5, 5.41) is 3.01. The summed E-state index contributed by atoms with van der Waals surface area (Å²) in [4.78, 5) is 25.2. The Balaban J connectivity index is 1.50. The molecule has 0 aliphatic carbocycles. The maximum absolute atomic E-state index is 12.3. The SMILES string of the molecule is Cc1ccc(NC(=O)CN2CCN(c3ncccn3)CC2)c(C)c1. The number of nitrogens with zero attached hydrogens (tertiary/aromatic N) is 4. The fraction of sp³-hybridized carbons (Fsp3) is 0.389. The summed E-state index contributed by atoms with van der Waals surface area (Å²) >= 11 is 0. The van der Waals surface area contributed by atoms with Gasteiger partial charge in [0.05, 0.1) is 6.54 Å². The monoisotopic (exact) mass is 325 g/mol. The molecule has 6 nitrogen and oxygen atoms in total. The lowest BCUT2D eigenvalue weighted by molar-refractivity contribution is -0.117. The molecule has 0 unspecified atom stereocenters. The van der Waals surface area contributed by atoms with Crippen LogP contribution < -0.4 is 10.2 Å². The second-order valence-electron chi connectivity index (χ2n) is 6.18. The van der Waals surface area contributed by atoms with E-state index in [0.29, 0.717) is 6.54 Å². The van der Waals surface area contributed by atoms with Gasteiger partial charge in [0, 0.05) is 44.3 Å². The average molecular weight is 325 g/mol. The third-order valence-electron chi connectivity index (χ3n) is 4.23. The molecule has 1 fully saturated rings. The molecular formula is C18H23N5O. The van der Waals surface area contributed by atoms with Gasteiger partial charge < -0.3 is 10.2 Å². The van der Waals surface area contributed by atoms with E-state index in [9.17, 15) is 4.79 Å². The Kier molecular flexibility index (Phi) is 5.05. The molecule has 1 amide bonds. The Morgan fingerprint density at radius 2 is 1.83 bits per heavy atom. The van der Waals surface area contributed by atoms with Crippen LogP contribution in [-0.2, 0) is 4.79 Å². The van der Waals surface area contributed by atoms with E-state index < -0.39 is 0 Å². The van der Waals surface area contributed by atoms with E-state index in [1.807, 2.05) is 25.1 Å². The van der Waals surface area contributed by atoms with Gasteiger partial charge in [-0.3, -0.25) is 9.69 Å².